The molecule has 0 aliphatic rings. The quantitative estimate of drug-likeness (QED) is 0.846. The van der Waals surface area contributed by atoms with Crippen LogP contribution in [0.1, 0.15) is 30.8 Å². The van der Waals surface area contributed by atoms with Crippen molar-refractivity contribution in [3.63, 3.8) is 0 Å². The Labute approximate surface area is 108 Å². The molecule has 2 heterocycles. The van der Waals surface area contributed by atoms with Crippen molar-refractivity contribution < 1.29 is 0 Å². The van der Waals surface area contributed by atoms with Gasteiger partial charge in [0, 0.05) is 32.0 Å². The third-order valence-corrected chi connectivity index (χ3v) is 3.10. The number of aryl methyl sites for hydroxylation is 2. The lowest BCUT2D eigenvalue weighted by Crippen LogP contribution is -2.17. The number of imidazole rings is 1. The number of hydrogen-bond acceptors (Lipinski definition) is 3. The Bertz CT molecular complexity index is 490. The molecule has 0 radical (unpaired) electrons. The van der Waals surface area contributed by atoms with E-state index in [1.165, 1.54) is 11.3 Å². The van der Waals surface area contributed by atoms with Gasteiger partial charge in [0.2, 0.25) is 0 Å². The summed E-state index contributed by atoms with van der Waals surface area (Å²) in [5.74, 6) is 0. The van der Waals surface area contributed by atoms with Crippen molar-refractivity contribution in [2.24, 2.45) is 0 Å². The van der Waals surface area contributed by atoms with Gasteiger partial charge in [-0.2, -0.15) is 0 Å². The largest absolute Gasteiger partial charge is 0.334 e. The average Bonchev–Trinajstić information content (AvgIpc) is 2.87. The van der Waals surface area contributed by atoms with Crippen LogP contribution < -0.4 is 5.32 Å². The molecule has 0 atom stereocenters. The van der Waals surface area contributed by atoms with Gasteiger partial charge in [-0.15, -0.1) is 0 Å². The first-order valence-electron chi connectivity index (χ1n) is 6.47. The Morgan fingerprint density at radius 3 is 2.94 bits per heavy atom. The zero-order chi connectivity index (χ0) is 12.8. The van der Waals surface area contributed by atoms with Crippen LogP contribution in [0.2, 0.25) is 0 Å². The van der Waals surface area contributed by atoms with E-state index in [2.05, 4.69) is 39.8 Å². The summed E-state index contributed by atoms with van der Waals surface area (Å²) in [6, 6.07) is 4.13. The van der Waals surface area contributed by atoms with Crippen LogP contribution in [0.25, 0.3) is 0 Å². The fourth-order valence-electron chi connectivity index (χ4n) is 2.04. The minimum absolute atomic E-state index is 0.804. The highest BCUT2D eigenvalue weighted by molar-refractivity contribution is 5.19. The lowest BCUT2D eigenvalue weighted by atomic mass is 10.1. The van der Waals surface area contributed by atoms with Crippen LogP contribution in [-0.2, 0) is 26.1 Å². The van der Waals surface area contributed by atoms with E-state index in [0.29, 0.717) is 0 Å². The summed E-state index contributed by atoms with van der Waals surface area (Å²) in [6.45, 7) is 6.87. The minimum Gasteiger partial charge on any atom is -0.334 e. The second-order valence-electron chi connectivity index (χ2n) is 4.24. The number of nitrogens with zero attached hydrogens (tertiary/aromatic N) is 3. The molecule has 0 aliphatic carbocycles. The first-order valence-corrected chi connectivity index (χ1v) is 6.47. The third-order valence-electron chi connectivity index (χ3n) is 3.10. The zero-order valence-electron chi connectivity index (χ0n) is 11.1. The van der Waals surface area contributed by atoms with Crippen molar-refractivity contribution in [3.8, 4) is 0 Å². The molecular formula is C14H20N4. The maximum absolute atomic E-state index is 4.43. The van der Waals surface area contributed by atoms with Gasteiger partial charge >= 0.3 is 0 Å². The molecule has 0 saturated heterocycles. The second kappa shape index (κ2) is 6.31. The molecule has 0 amide bonds. The molecule has 4 heteroatoms. The molecule has 0 aromatic carbocycles. The summed E-state index contributed by atoms with van der Waals surface area (Å²) < 4.78 is 2.14. The van der Waals surface area contributed by atoms with Gasteiger partial charge in [-0.1, -0.05) is 13.0 Å². The summed E-state index contributed by atoms with van der Waals surface area (Å²) in [7, 11) is 0. The number of hydrogen-bond donors (Lipinski definition) is 1. The molecule has 4 nitrogen and oxygen atoms in total. The van der Waals surface area contributed by atoms with E-state index < -0.39 is 0 Å². The van der Waals surface area contributed by atoms with Gasteiger partial charge in [-0.25, -0.2) is 4.98 Å². The Morgan fingerprint density at radius 2 is 2.17 bits per heavy atom. The van der Waals surface area contributed by atoms with Crippen molar-refractivity contribution in [1.29, 1.82) is 0 Å². The fraction of sp³-hybridized carbons (Fsp3) is 0.429. The topological polar surface area (TPSA) is 42.7 Å². The number of nitrogens with one attached hydrogen (secondary N) is 1. The summed E-state index contributed by atoms with van der Waals surface area (Å²) >= 11 is 0. The average molecular weight is 244 g/mol. The molecular weight excluding hydrogens is 224 g/mol. The first-order chi connectivity index (χ1) is 8.85. The van der Waals surface area contributed by atoms with Gasteiger partial charge in [0.25, 0.3) is 0 Å². The van der Waals surface area contributed by atoms with Crippen molar-refractivity contribution in [3.05, 3.63) is 47.8 Å². The van der Waals surface area contributed by atoms with Crippen LogP contribution in [0.3, 0.4) is 0 Å². The molecule has 18 heavy (non-hydrogen) atoms. The molecule has 0 aliphatic heterocycles. The van der Waals surface area contributed by atoms with Crippen molar-refractivity contribution in [1.82, 2.24) is 19.9 Å². The highest BCUT2D eigenvalue weighted by Gasteiger charge is 2.03. The van der Waals surface area contributed by atoms with Crippen LogP contribution in [-0.4, -0.2) is 14.5 Å². The molecule has 96 valence electrons. The molecule has 0 bridgehead atoms. The van der Waals surface area contributed by atoms with E-state index in [1.807, 2.05) is 24.8 Å². The second-order valence-corrected chi connectivity index (χ2v) is 4.24. The van der Waals surface area contributed by atoms with E-state index in [4.69, 9.17) is 0 Å². The fourth-order valence-corrected chi connectivity index (χ4v) is 2.04. The Morgan fingerprint density at radius 1 is 1.28 bits per heavy atom. The summed E-state index contributed by atoms with van der Waals surface area (Å²) in [5.41, 5.74) is 3.67. The predicted octanol–water partition coefficient (Wildman–Crippen LogP) is 2.15. The summed E-state index contributed by atoms with van der Waals surface area (Å²) in [5, 5.41) is 3.43. The normalized spacial score (nSPS) is 10.8. The van der Waals surface area contributed by atoms with E-state index in [0.717, 1.165) is 31.7 Å². The number of aromatic nitrogens is 3. The van der Waals surface area contributed by atoms with E-state index in [-0.39, 0.29) is 0 Å². The Hall–Kier alpha value is -1.68. The van der Waals surface area contributed by atoms with E-state index in [1.54, 1.807) is 0 Å². The van der Waals surface area contributed by atoms with Gasteiger partial charge in [0.15, 0.2) is 0 Å². The molecule has 2 aromatic heterocycles. The van der Waals surface area contributed by atoms with Gasteiger partial charge in [-0.05, 0) is 25.0 Å². The molecule has 0 spiro atoms. The molecule has 2 rings (SSSR count). The molecule has 0 saturated carbocycles. The van der Waals surface area contributed by atoms with Crippen LogP contribution >= 0.6 is 0 Å². The Balaban J connectivity index is 1.92. The van der Waals surface area contributed by atoms with Crippen LogP contribution in [0, 0.1) is 0 Å². The van der Waals surface area contributed by atoms with Crippen molar-refractivity contribution >= 4 is 0 Å². The summed E-state index contributed by atoms with van der Waals surface area (Å²) in [4.78, 5) is 8.59. The van der Waals surface area contributed by atoms with E-state index >= 15 is 0 Å². The Kier molecular flexibility index (Phi) is 4.47. The van der Waals surface area contributed by atoms with Gasteiger partial charge in [0.05, 0.1) is 17.7 Å². The van der Waals surface area contributed by atoms with Crippen LogP contribution in [0.5, 0.6) is 0 Å². The maximum atomic E-state index is 4.43. The van der Waals surface area contributed by atoms with Crippen LogP contribution in [0.4, 0.5) is 0 Å². The lowest BCUT2D eigenvalue weighted by molar-refractivity contribution is 0.619. The lowest BCUT2D eigenvalue weighted by Gasteiger charge is -2.09. The van der Waals surface area contributed by atoms with Crippen molar-refractivity contribution in [2.45, 2.75) is 39.9 Å². The van der Waals surface area contributed by atoms with E-state index in [9.17, 15) is 0 Å². The minimum atomic E-state index is 0.804. The molecule has 1 N–H and O–H groups in total. The monoisotopic (exact) mass is 244 g/mol. The number of pyridine rings is 1. The maximum Gasteiger partial charge on any atom is 0.0948 e. The van der Waals surface area contributed by atoms with Gasteiger partial charge < -0.3 is 9.88 Å². The first kappa shape index (κ1) is 12.8. The zero-order valence-corrected chi connectivity index (χ0v) is 11.1. The highest BCUT2D eigenvalue weighted by atomic mass is 15.1. The predicted molar refractivity (Wildman–Crippen MR) is 72.1 cm³/mol. The molecule has 0 fully saturated rings. The van der Waals surface area contributed by atoms with Gasteiger partial charge in [-0.3, -0.25) is 4.98 Å². The highest BCUT2D eigenvalue weighted by Crippen LogP contribution is 2.06. The van der Waals surface area contributed by atoms with Crippen LogP contribution in [0.15, 0.2) is 30.9 Å². The smallest absolute Gasteiger partial charge is 0.0948 e. The molecule has 2 aromatic rings. The molecule has 0 unspecified atom stereocenters. The standard InChI is InChI=1S/C14H20N4/c1-3-12-6-5-7-17-14(12)10-15-8-13-9-16-11-18(13)4-2/h5-7,9,11,15H,3-4,8,10H2,1-2H3. The summed E-state index contributed by atoms with van der Waals surface area (Å²) in [6.07, 6.45) is 6.66. The SMILES string of the molecule is CCc1cccnc1CNCc1cncn1CC. The third kappa shape index (κ3) is 2.96. The van der Waals surface area contributed by atoms with Crippen molar-refractivity contribution in [2.75, 3.05) is 0 Å². The van der Waals surface area contributed by atoms with Gasteiger partial charge in [0.1, 0.15) is 0 Å². The number of rotatable bonds is 6.